The Bertz CT molecular complexity index is 576. The van der Waals surface area contributed by atoms with Gasteiger partial charge in [-0.2, -0.15) is 0 Å². The van der Waals surface area contributed by atoms with Gasteiger partial charge < -0.3 is 9.94 Å². The highest BCUT2D eigenvalue weighted by molar-refractivity contribution is 6.30. The van der Waals surface area contributed by atoms with Crippen LogP contribution in [0.3, 0.4) is 0 Å². The Labute approximate surface area is 123 Å². The second-order valence-electron chi connectivity index (χ2n) is 4.34. The minimum absolute atomic E-state index is 0.491. The monoisotopic (exact) mass is 289 g/mol. The van der Waals surface area contributed by atoms with Gasteiger partial charge in [0.15, 0.2) is 0 Å². The lowest BCUT2D eigenvalue weighted by Gasteiger charge is -2.07. The largest absolute Gasteiger partial charge is 0.489 e. The van der Waals surface area contributed by atoms with Crippen molar-refractivity contribution in [2.45, 2.75) is 20.0 Å². The summed E-state index contributed by atoms with van der Waals surface area (Å²) < 4.78 is 5.69. The summed E-state index contributed by atoms with van der Waals surface area (Å²) in [6, 6.07) is 15.1. The topological polar surface area (TPSA) is 41.8 Å². The van der Waals surface area contributed by atoms with Crippen molar-refractivity contribution < 1.29 is 9.94 Å². The average molecular weight is 290 g/mol. The van der Waals surface area contributed by atoms with Crippen molar-refractivity contribution in [2.75, 3.05) is 0 Å². The van der Waals surface area contributed by atoms with E-state index in [2.05, 4.69) is 5.16 Å². The number of ether oxygens (including phenoxy) is 1. The van der Waals surface area contributed by atoms with Crippen LogP contribution in [0.15, 0.2) is 53.7 Å². The molecule has 0 unspecified atom stereocenters. The van der Waals surface area contributed by atoms with Gasteiger partial charge in [-0.3, -0.25) is 0 Å². The molecule has 0 bridgehead atoms. The molecule has 0 aliphatic rings. The number of benzene rings is 2. The van der Waals surface area contributed by atoms with Crippen molar-refractivity contribution in [1.29, 1.82) is 0 Å². The zero-order chi connectivity index (χ0) is 14.4. The van der Waals surface area contributed by atoms with E-state index in [0.717, 1.165) is 16.9 Å². The maximum Gasteiger partial charge on any atom is 0.119 e. The molecule has 0 aliphatic heterocycles. The van der Waals surface area contributed by atoms with Crippen LogP contribution >= 0.6 is 11.6 Å². The highest BCUT2D eigenvalue weighted by Gasteiger charge is 2.02. The van der Waals surface area contributed by atoms with Gasteiger partial charge >= 0.3 is 0 Å². The third kappa shape index (κ3) is 3.75. The van der Waals surface area contributed by atoms with Crippen LogP contribution in [0.2, 0.25) is 5.02 Å². The van der Waals surface area contributed by atoms with Gasteiger partial charge in [-0.1, -0.05) is 35.8 Å². The minimum Gasteiger partial charge on any atom is -0.489 e. The van der Waals surface area contributed by atoms with Crippen LogP contribution in [-0.2, 0) is 6.61 Å². The van der Waals surface area contributed by atoms with Gasteiger partial charge in [0.05, 0.1) is 5.71 Å². The summed E-state index contributed by atoms with van der Waals surface area (Å²) in [5.41, 5.74) is 2.62. The zero-order valence-corrected chi connectivity index (χ0v) is 12.0. The van der Waals surface area contributed by atoms with Crippen molar-refractivity contribution in [3.05, 3.63) is 64.7 Å². The third-order valence-electron chi connectivity index (χ3n) is 2.96. The smallest absolute Gasteiger partial charge is 0.119 e. The Balaban J connectivity index is 1.99. The van der Waals surface area contributed by atoms with E-state index in [1.807, 2.05) is 55.5 Å². The predicted octanol–water partition coefficient (Wildman–Crippen LogP) is 4.51. The van der Waals surface area contributed by atoms with Crippen molar-refractivity contribution in [3.63, 3.8) is 0 Å². The lowest BCUT2D eigenvalue weighted by atomic mass is 10.1. The van der Waals surface area contributed by atoms with Crippen LogP contribution in [0, 0.1) is 0 Å². The maximum absolute atomic E-state index is 8.87. The van der Waals surface area contributed by atoms with Crippen molar-refractivity contribution in [3.8, 4) is 5.75 Å². The second kappa shape index (κ2) is 6.96. The van der Waals surface area contributed by atoms with Gasteiger partial charge in [-0.05, 0) is 53.9 Å². The van der Waals surface area contributed by atoms with Gasteiger partial charge in [-0.25, -0.2) is 0 Å². The first-order valence-corrected chi connectivity index (χ1v) is 6.79. The van der Waals surface area contributed by atoms with Gasteiger partial charge in [0.25, 0.3) is 0 Å². The molecule has 0 saturated carbocycles. The molecule has 0 saturated heterocycles. The Morgan fingerprint density at radius 2 is 1.75 bits per heavy atom. The summed E-state index contributed by atoms with van der Waals surface area (Å²) in [4.78, 5) is 0. The molecule has 0 heterocycles. The number of hydrogen-bond acceptors (Lipinski definition) is 3. The maximum atomic E-state index is 8.87. The van der Waals surface area contributed by atoms with E-state index in [0.29, 0.717) is 23.8 Å². The number of oxime groups is 1. The number of halogens is 1. The fraction of sp³-hybridized carbons (Fsp3) is 0.188. The van der Waals surface area contributed by atoms with E-state index in [-0.39, 0.29) is 0 Å². The summed E-state index contributed by atoms with van der Waals surface area (Å²) in [6.07, 6.45) is 0.682. The van der Waals surface area contributed by atoms with Crippen molar-refractivity contribution >= 4 is 17.3 Å². The summed E-state index contributed by atoms with van der Waals surface area (Å²) >= 11 is 5.83. The SMILES string of the molecule is CC/C(=N\O)c1ccc(OCc2ccc(Cl)cc2)cc1. The van der Waals surface area contributed by atoms with Gasteiger partial charge in [0.2, 0.25) is 0 Å². The number of nitrogens with zero attached hydrogens (tertiary/aromatic N) is 1. The van der Waals surface area contributed by atoms with Crippen LogP contribution in [0.5, 0.6) is 5.75 Å². The van der Waals surface area contributed by atoms with Gasteiger partial charge in [0, 0.05) is 5.02 Å². The summed E-state index contributed by atoms with van der Waals surface area (Å²) in [7, 11) is 0. The molecule has 2 aromatic carbocycles. The minimum atomic E-state index is 0.491. The molecule has 20 heavy (non-hydrogen) atoms. The Morgan fingerprint density at radius 1 is 1.10 bits per heavy atom. The Morgan fingerprint density at radius 3 is 2.30 bits per heavy atom. The van der Waals surface area contributed by atoms with Crippen LogP contribution in [-0.4, -0.2) is 10.9 Å². The molecule has 4 heteroatoms. The van der Waals surface area contributed by atoms with E-state index in [1.54, 1.807) is 0 Å². The molecular formula is C16H16ClNO2. The van der Waals surface area contributed by atoms with Crippen LogP contribution in [0.1, 0.15) is 24.5 Å². The van der Waals surface area contributed by atoms with Crippen LogP contribution in [0.25, 0.3) is 0 Å². The first kappa shape index (κ1) is 14.4. The predicted molar refractivity (Wildman–Crippen MR) is 80.8 cm³/mol. The van der Waals surface area contributed by atoms with E-state index in [9.17, 15) is 0 Å². The molecular weight excluding hydrogens is 274 g/mol. The molecule has 0 radical (unpaired) electrons. The highest BCUT2D eigenvalue weighted by atomic mass is 35.5. The normalized spacial score (nSPS) is 11.4. The average Bonchev–Trinajstić information content (AvgIpc) is 2.49. The number of rotatable bonds is 5. The fourth-order valence-corrected chi connectivity index (χ4v) is 1.95. The Hall–Kier alpha value is -2.00. The molecule has 0 spiro atoms. The first-order chi connectivity index (χ1) is 9.72. The molecule has 104 valence electrons. The highest BCUT2D eigenvalue weighted by Crippen LogP contribution is 2.16. The molecule has 3 nitrogen and oxygen atoms in total. The molecule has 2 rings (SSSR count). The van der Waals surface area contributed by atoms with E-state index in [1.165, 1.54) is 0 Å². The first-order valence-electron chi connectivity index (χ1n) is 6.41. The Kier molecular flexibility index (Phi) is 5.02. The molecule has 0 aliphatic carbocycles. The summed E-state index contributed by atoms with van der Waals surface area (Å²) in [6.45, 7) is 2.44. The van der Waals surface area contributed by atoms with E-state index in [4.69, 9.17) is 21.5 Å². The van der Waals surface area contributed by atoms with E-state index >= 15 is 0 Å². The van der Waals surface area contributed by atoms with Crippen molar-refractivity contribution in [2.24, 2.45) is 5.16 Å². The van der Waals surface area contributed by atoms with Crippen LogP contribution in [0.4, 0.5) is 0 Å². The van der Waals surface area contributed by atoms with E-state index < -0.39 is 0 Å². The number of hydrogen-bond donors (Lipinski definition) is 1. The van der Waals surface area contributed by atoms with Crippen LogP contribution < -0.4 is 4.74 Å². The molecule has 0 aromatic heterocycles. The zero-order valence-electron chi connectivity index (χ0n) is 11.2. The molecule has 0 amide bonds. The van der Waals surface area contributed by atoms with Gasteiger partial charge in [-0.15, -0.1) is 0 Å². The van der Waals surface area contributed by atoms with Gasteiger partial charge in [0.1, 0.15) is 12.4 Å². The second-order valence-corrected chi connectivity index (χ2v) is 4.78. The quantitative estimate of drug-likeness (QED) is 0.500. The molecule has 2 aromatic rings. The standard InChI is InChI=1S/C16H16ClNO2/c1-2-16(18-19)13-5-9-15(10-6-13)20-11-12-3-7-14(17)8-4-12/h3-10,19H,2,11H2,1H3/b18-16+. The lowest BCUT2D eigenvalue weighted by Crippen LogP contribution is -1.99. The van der Waals surface area contributed by atoms with Crippen molar-refractivity contribution in [1.82, 2.24) is 0 Å². The fourth-order valence-electron chi connectivity index (χ4n) is 1.82. The summed E-state index contributed by atoms with van der Waals surface area (Å²) in [5.74, 6) is 0.775. The molecule has 0 fully saturated rings. The molecule has 0 atom stereocenters. The summed E-state index contributed by atoms with van der Waals surface area (Å²) in [5, 5.41) is 12.9. The lowest BCUT2D eigenvalue weighted by molar-refractivity contribution is 0.306. The molecule has 1 N–H and O–H groups in total. The third-order valence-corrected chi connectivity index (χ3v) is 3.21.